The van der Waals surface area contributed by atoms with E-state index in [9.17, 15) is 10.1 Å². The van der Waals surface area contributed by atoms with E-state index in [4.69, 9.17) is 0 Å². The van der Waals surface area contributed by atoms with Gasteiger partial charge in [-0.2, -0.15) is 9.38 Å². The number of hydrogen-bond donors (Lipinski definition) is 1. The van der Waals surface area contributed by atoms with Crippen LogP contribution in [0.2, 0.25) is 0 Å². The number of nitro groups is 1. The molecule has 6 nitrogen and oxygen atoms in total. The van der Waals surface area contributed by atoms with Crippen molar-refractivity contribution < 1.29 is 4.92 Å². The lowest BCUT2D eigenvalue weighted by atomic mass is 10.0. The number of nitrogens with zero attached hydrogens (tertiary/aromatic N) is 3. The molecule has 0 bridgehead atoms. The van der Waals surface area contributed by atoms with Gasteiger partial charge in [-0.25, -0.2) is 0 Å². The van der Waals surface area contributed by atoms with Gasteiger partial charge in [0.1, 0.15) is 6.20 Å². The van der Waals surface area contributed by atoms with E-state index in [1.54, 1.807) is 11.6 Å². The lowest BCUT2D eigenvalue weighted by Crippen LogP contribution is -2.09. The molecule has 0 spiro atoms. The summed E-state index contributed by atoms with van der Waals surface area (Å²) in [6, 6.07) is 8.62. The first kappa shape index (κ1) is 13.1. The minimum Gasteiger partial charge on any atom is -0.363 e. The van der Waals surface area contributed by atoms with Gasteiger partial charge in [-0.15, -0.1) is 0 Å². The first-order valence-electron chi connectivity index (χ1n) is 7.65. The summed E-state index contributed by atoms with van der Waals surface area (Å²) in [4.78, 5) is 16.0. The van der Waals surface area contributed by atoms with Crippen molar-refractivity contribution in [2.24, 2.45) is 11.8 Å². The molecule has 1 N–H and O–H groups in total. The van der Waals surface area contributed by atoms with Crippen molar-refractivity contribution in [3.8, 4) is 0 Å². The van der Waals surface area contributed by atoms with Gasteiger partial charge in [-0.3, -0.25) is 0 Å². The molecule has 3 atom stereocenters. The SMILES string of the molecule is O=[N+]([O-])c1c(NCC2C3Cc4ccccc4C23)nc2sccn12. The maximum atomic E-state index is 11.3. The minimum atomic E-state index is -0.363. The van der Waals surface area contributed by atoms with E-state index in [0.717, 1.165) is 13.0 Å². The maximum Gasteiger partial charge on any atom is 0.372 e. The predicted octanol–water partition coefficient (Wildman–Crippen LogP) is 3.30. The number of nitrogens with one attached hydrogen (secondary N) is 1. The van der Waals surface area contributed by atoms with Crippen molar-refractivity contribution in [3.05, 3.63) is 57.1 Å². The highest BCUT2D eigenvalue weighted by molar-refractivity contribution is 7.15. The van der Waals surface area contributed by atoms with Crippen LogP contribution in [0.15, 0.2) is 35.8 Å². The molecule has 1 saturated carbocycles. The highest BCUT2D eigenvalue weighted by Crippen LogP contribution is 2.61. The molecule has 116 valence electrons. The summed E-state index contributed by atoms with van der Waals surface area (Å²) in [5.74, 6) is 2.28. The Labute approximate surface area is 135 Å². The first-order valence-corrected chi connectivity index (χ1v) is 8.53. The highest BCUT2D eigenvalue weighted by atomic mass is 32.1. The number of aromatic nitrogens is 2. The second-order valence-electron chi connectivity index (χ2n) is 6.23. The lowest BCUT2D eigenvalue weighted by molar-refractivity contribution is -0.389. The Bertz CT molecular complexity index is 931. The molecule has 3 unspecified atom stereocenters. The summed E-state index contributed by atoms with van der Waals surface area (Å²) in [5, 5.41) is 16.4. The van der Waals surface area contributed by atoms with Crippen LogP contribution >= 0.6 is 11.3 Å². The van der Waals surface area contributed by atoms with Crippen LogP contribution in [0, 0.1) is 22.0 Å². The third-order valence-electron chi connectivity index (χ3n) is 5.12. The average molecular weight is 326 g/mol. The van der Waals surface area contributed by atoms with E-state index in [0.29, 0.717) is 28.5 Å². The Hall–Kier alpha value is -2.41. The minimum absolute atomic E-state index is 0.0347. The molecular formula is C16H14N4O2S. The van der Waals surface area contributed by atoms with Gasteiger partial charge in [0.15, 0.2) is 0 Å². The standard InChI is InChI=1S/C16H14N4O2S/c21-20(22)15-14(18-16-19(15)5-6-23-16)17-8-12-11-7-9-3-1-2-4-10(9)13(11)12/h1-6,11-13,17H,7-8H2. The molecule has 0 aliphatic heterocycles. The summed E-state index contributed by atoms with van der Waals surface area (Å²) >= 11 is 1.40. The molecule has 0 amide bonds. The Balaban J connectivity index is 1.36. The molecule has 1 fully saturated rings. The van der Waals surface area contributed by atoms with Crippen LogP contribution in [0.3, 0.4) is 0 Å². The normalized spacial score (nSPS) is 24.4. The maximum absolute atomic E-state index is 11.3. The van der Waals surface area contributed by atoms with E-state index in [1.807, 2.05) is 0 Å². The zero-order valence-corrected chi connectivity index (χ0v) is 13.0. The second-order valence-corrected chi connectivity index (χ2v) is 7.11. The fourth-order valence-corrected chi connectivity index (χ4v) is 4.75. The van der Waals surface area contributed by atoms with E-state index in [-0.39, 0.29) is 10.7 Å². The van der Waals surface area contributed by atoms with Crippen LogP contribution in [-0.2, 0) is 6.42 Å². The zero-order valence-electron chi connectivity index (χ0n) is 12.2. The summed E-state index contributed by atoms with van der Waals surface area (Å²) < 4.78 is 1.54. The number of benzene rings is 1. The Morgan fingerprint density at radius 1 is 1.43 bits per heavy atom. The Morgan fingerprint density at radius 3 is 3.17 bits per heavy atom. The molecule has 2 heterocycles. The van der Waals surface area contributed by atoms with Crippen molar-refractivity contribution >= 4 is 27.9 Å². The van der Waals surface area contributed by atoms with Crippen LogP contribution < -0.4 is 5.32 Å². The summed E-state index contributed by atoms with van der Waals surface area (Å²) in [5.41, 5.74) is 2.93. The fourth-order valence-electron chi connectivity index (χ4n) is 4.04. The molecule has 2 aliphatic carbocycles. The molecule has 1 aromatic carbocycles. The molecule has 23 heavy (non-hydrogen) atoms. The number of thiazole rings is 1. The number of fused-ring (bicyclic) bond motifs is 4. The van der Waals surface area contributed by atoms with E-state index in [2.05, 4.69) is 34.6 Å². The van der Waals surface area contributed by atoms with Crippen LogP contribution in [0.4, 0.5) is 11.6 Å². The number of imidazole rings is 1. The summed E-state index contributed by atoms with van der Waals surface area (Å²) in [6.45, 7) is 0.745. The number of hydrogen-bond acceptors (Lipinski definition) is 5. The van der Waals surface area contributed by atoms with E-state index in [1.165, 1.54) is 26.9 Å². The van der Waals surface area contributed by atoms with Crippen molar-refractivity contribution in [1.29, 1.82) is 0 Å². The molecule has 5 rings (SSSR count). The van der Waals surface area contributed by atoms with Gasteiger partial charge < -0.3 is 15.4 Å². The lowest BCUT2D eigenvalue weighted by Gasteiger charge is -2.08. The van der Waals surface area contributed by atoms with Crippen LogP contribution in [0.25, 0.3) is 4.96 Å². The Morgan fingerprint density at radius 2 is 2.30 bits per heavy atom. The van der Waals surface area contributed by atoms with E-state index >= 15 is 0 Å². The van der Waals surface area contributed by atoms with Crippen molar-refractivity contribution in [2.75, 3.05) is 11.9 Å². The van der Waals surface area contributed by atoms with Crippen LogP contribution in [0.5, 0.6) is 0 Å². The van der Waals surface area contributed by atoms with Gasteiger partial charge in [0.25, 0.3) is 4.96 Å². The van der Waals surface area contributed by atoms with Gasteiger partial charge in [0.05, 0.1) is 0 Å². The van der Waals surface area contributed by atoms with Gasteiger partial charge in [0, 0.05) is 11.9 Å². The monoisotopic (exact) mass is 326 g/mol. The molecule has 3 aromatic rings. The van der Waals surface area contributed by atoms with Gasteiger partial charge in [0.2, 0.25) is 5.82 Å². The smallest absolute Gasteiger partial charge is 0.363 e. The quantitative estimate of drug-likeness (QED) is 0.590. The average Bonchev–Trinajstić information content (AvgIpc) is 2.89. The Kier molecular flexibility index (Phi) is 2.58. The first-order chi connectivity index (χ1) is 11.2. The number of rotatable bonds is 4. The molecule has 2 aromatic heterocycles. The largest absolute Gasteiger partial charge is 0.372 e. The zero-order chi connectivity index (χ0) is 15.6. The third-order valence-corrected chi connectivity index (χ3v) is 5.87. The van der Waals surface area contributed by atoms with Gasteiger partial charge >= 0.3 is 5.82 Å². The molecule has 7 heteroatoms. The van der Waals surface area contributed by atoms with Crippen molar-refractivity contribution in [2.45, 2.75) is 12.3 Å². The summed E-state index contributed by atoms with van der Waals surface area (Å²) in [7, 11) is 0. The topological polar surface area (TPSA) is 72.5 Å². The highest BCUT2D eigenvalue weighted by Gasteiger charge is 2.55. The number of anilines is 1. The predicted molar refractivity (Wildman–Crippen MR) is 88.1 cm³/mol. The van der Waals surface area contributed by atoms with Crippen molar-refractivity contribution in [1.82, 2.24) is 9.38 Å². The molecular weight excluding hydrogens is 312 g/mol. The van der Waals surface area contributed by atoms with Gasteiger partial charge in [-0.05, 0) is 40.2 Å². The molecule has 0 radical (unpaired) electrons. The molecule has 2 aliphatic rings. The third kappa shape index (κ3) is 1.83. The fraction of sp³-hybridized carbons (Fsp3) is 0.312. The van der Waals surface area contributed by atoms with Crippen LogP contribution in [-0.4, -0.2) is 20.9 Å². The van der Waals surface area contributed by atoms with Crippen molar-refractivity contribution in [3.63, 3.8) is 0 Å². The van der Waals surface area contributed by atoms with Crippen LogP contribution in [0.1, 0.15) is 17.0 Å². The second kappa shape index (κ2) is 4.55. The van der Waals surface area contributed by atoms with Gasteiger partial charge in [-0.1, -0.05) is 35.6 Å². The van der Waals surface area contributed by atoms with E-state index < -0.39 is 0 Å². The summed E-state index contributed by atoms with van der Waals surface area (Å²) in [6.07, 6.45) is 2.83. The molecule has 0 saturated heterocycles.